The SMILES string of the molecule is CCOC1C(C)CC(S(=O)(=O)NCC2CCN(CC3CCCO3)CC2)CC1C. The van der Waals surface area contributed by atoms with E-state index >= 15 is 0 Å². The van der Waals surface area contributed by atoms with Crippen LogP contribution in [0.2, 0.25) is 0 Å². The fourth-order valence-electron chi connectivity index (χ4n) is 5.33. The van der Waals surface area contributed by atoms with Crippen LogP contribution < -0.4 is 4.72 Å². The molecular formula is C21H40N2O4S. The van der Waals surface area contributed by atoms with Gasteiger partial charge in [0.2, 0.25) is 10.0 Å². The number of nitrogens with one attached hydrogen (secondary N) is 1. The monoisotopic (exact) mass is 416 g/mol. The lowest BCUT2D eigenvalue weighted by Gasteiger charge is -2.38. The zero-order valence-corrected chi connectivity index (χ0v) is 18.8. The predicted octanol–water partition coefficient (Wildman–Crippen LogP) is 2.64. The Bertz CT molecular complexity index is 559. The molecule has 1 saturated carbocycles. The van der Waals surface area contributed by atoms with Crippen molar-refractivity contribution in [1.82, 2.24) is 9.62 Å². The molecule has 3 aliphatic rings. The number of piperidine rings is 1. The molecule has 28 heavy (non-hydrogen) atoms. The van der Waals surface area contributed by atoms with Gasteiger partial charge in [0.1, 0.15) is 0 Å². The van der Waals surface area contributed by atoms with E-state index in [9.17, 15) is 8.42 Å². The van der Waals surface area contributed by atoms with Gasteiger partial charge in [0.15, 0.2) is 0 Å². The quantitative estimate of drug-likeness (QED) is 0.659. The summed E-state index contributed by atoms with van der Waals surface area (Å²) in [4.78, 5) is 2.49. The number of likely N-dealkylation sites (tertiary alicyclic amines) is 1. The Hall–Kier alpha value is -0.210. The largest absolute Gasteiger partial charge is 0.378 e. The summed E-state index contributed by atoms with van der Waals surface area (Å²) in [5.41, 5.74) is 0. The molecule has 3 fully saturated rings. The smallest absolute Gasteiger partial charge is 0.214 e. The van der Waals surface area contributed by atoms with Gasteiger partial charge < -0.3 is 14.4 Å². The standard InChI is InChI=1S/C21H40N2O4S/c1-4-26-21-16(2)12-20(13-17(21)3)28(24,25)22-14-18-7-9-23(10-8-18)15-19-6-5-11-27-19/h16-22H,4-15H2,1-3H3. The summed E-state index contributed by atoms with van der Waals surface area (Å²) in [6.45, 7) is 11.6. The molecule has 6 nitrogen and oxygen atoms in total. The third kappa shape index (κ3) is 5.91. The van der Waals surface area contributed by atoms with Crippen LogP contribution in [0.25, 0.3) is 0 Å². The predicted molar refractivity (Wildman–Crippen MR) is 112 cm³/mol. The molecule has 0 aromatic carbocycles. The fraction of sp³-hybridized carbons (Fsp3) is 1.00. The van der Waals surface area contributed by atoms with Crippen molar-refractivity contribution in [2.45, 2.75) is 76.8 Å². The van der Waals surface area contributed by atoms with Crippen molar-refractivity contribution < 1.29 is 17.9 Å². The molecule has 2 aliphatic heterocycles. The van der Waals surface area contributed by atoms with Crippen LogP contribution in [-0.2, 0) is 19.5 Å². The summed E-state index contributed by atoms with van der Waals surface area (Å²) in [6, 6.07) is 0. The van der Waals surface area contributed by atoms with Crippen LogP contribution in [-0.4, -0.2) is 70.2 Å². The molecule has 164 valence electrons. The summed E-state index contributed by atoms with van der Waals surface area (Å²) >= 11 is 0. The third-order valence-electron chi connectivity index (χ3n) is 6.96. The summed E-state index contributed by atoms with van der Waals surface area (Å²) in [5, 5.41) is -0.284. The Balaban J connectivity index is 1.41. The third-order valence-corrected chi connectivity index (χ3v) is 8.79. The molecule has 2 saturated heterocycles. The lowest BCUT2D eigenvalue weighted by Crippen LogP contribution is -2.47. The number of ether oxygens (including phenoxy) is 2. The van der Waals surface area contributed by atoms with Gasteiger partial charge in [0, 0.05) is 26.3 Å². The molecule has 2 heterocycles. The van der Waals surface area contributed by atoms with Gasteiger partial charge in [-0.25, -0.2) is 13.1 Å². The summed E-state index contributed by atoms with van der Waals surface area (Å²) in [6.07, 6.45) is 6.50. The minimum Gasteiger partial charge on any atom is -0.378 e. The fourth-order valence-corrected chi connectivity index (χ4v) is 7.15. The van der Waals surface area contributed by atoms with Crippen LogP contribution in [0.5, 0.6) is 0 Å². The molecule has 0 aromatic rings. The van der Waals surface area contributed by atoms with Gasteiger partial charge in [-0.2, -0.15) is 0 Å². The van der Waals surface area contributed by atoms with Gasteiger partial charge in [-0.05, 0) is 76.3 Å². The van der Waals surface area contributed by atoms with Crippen molar-refractivity contribution in [3.63, 3.8) is 0 Å². The minimum atomic E-state index is -3.26. The number of nitrogens with zero attached hydrogens (tertiary/aromatic N) is 1. The second-order valence-corrected chi connectivity index (χ2v) is 11.3. The topological polar surface area (TPSA) is 67.9 Å². The van der Waals surface area contributed by atoms with Crippen molar-refractivity contribution in [3.05, 3.63) is 0 Å². The summed E-state index contributed by atoms with van der Waals surface area (Å²) in [7, 11) is -3.26. The Labute approximate surface area is 171 Å². The Morgan fingerprint density at radius 1 is 1.11 bits per heavy atom. The zero-order chi connectivity index (χ0) is 20.1. The van der Waals surface area contributed by atoms with E-state index in [1.165, 1.54) is 12.8 Å². The maximum atomic E-state index is 12.9. The van der Waals surface area contributed by atoms with Gasteiger partial charge in [-0.15, -0.1) is 0 Å². The highest BCUT2D eigenvalue weighted by molar-refractivity contribution is 7.90. The van der Waals surface area contributed by atoms with Crippen molar-refractivity contribution in [3.8, 4) is 0 Å². The van der Waals surface area contributed by atoms with E-state index in [0.29, 0.717) is 38.0 Å². The summed E-state index contributed by atoms with van der Waals surface area (Å²) < 4.78 is 40.4. The first-order valence-electron chi connectivity index (χ1n) is 11.3. The molecule has 0 aromatic heterocycles. The van der Waals surface area contributed by atoms with E-state index in [2.05, 4.69) is 23.5 Å². The van der Waals surface area contributed by atoms with Crippen LogP contribution in [0.1, 0.15) is 59.3 Å². The van der Waals surface area contributed by atoms with Gasteiger partial charge in [-0.3, -0.25) is 0 Å². The van der Waals surface area contributed by atoms with E-state index in [4.69, 9.17) is 9.47 Å². The average molecular weight is 417 g/mol. The van der Waals surface area contributed by atoms with Crippen molar-refractivity contribution >= 4 is 10.0 Å². The van der Waals surface area contributed by atoms with E-state index in [0.717, 1.165) is 39.1 Å². The first-order valence-corrected chi connectivity index (χ1v) is 12.9. The van der Waals surface area contributed by atoms with E-state index in [1.54, 1.807) is 0 Å². The molecule has 0 amide bonds. The molecule has 1 N–H and O–H groups in total. The highest BCUT2D eigenvalue weighted by Crippen LogP contribution is 2.34. The molecule has 3 rings (SSSR count). The number of sulfonamides is 1. The molecule has 3 unspecified atom stereocenters. The minimum absolute atomic E-state index is 0.185. The van der Waals surface area contributed by atoms with Gasteiger partial charge in [0.05, 0.1) is 17.5 Å². The number of hydrogen-bond donors (Lipinski definition) is 1. The van der Waals surface area contributed by atoms with Crippen molar-refractivity contribution in [1.29, 1.82) is 0 Å². The van der Waals surface area contributed by atoms with Gasteiger partial charge in [-0.1, -0.05) is 13.8 Å². The lowest BCUT2D eigenvalue weighted by molar-refractivity contribution is -0.0308. The molecular weight excluding hydrogens is 376 g/mol. The second-order valence-electron chi connectivity index (χ2n) is 9.24. The molecule has 0 spiro atoms. The molecule has 3 atom stereocenters. The average Bonchev–Trinajstić information content (AvgIpc) is 3.17. The molecule has 0 radical (unpaired) electrons. The second kappa shape index (κ2) is 10.2. The van der Waals surface area contributed by atoms with E-state index in [1.807, 2.05) is 6.92 Å². The number of rotatable bonds is 8. The number of hydrogen-bond acceptors (Lipinski definition) is 5. The molecule has 0 bridgehead atoms. The van der Waals surface area contributed by atoms with Crippen molar-refractivity contribution in [2.75, 3.05) is 39.4 Å². The molecule has 7 heteroatoms. The van der Waals surface area contributed by atoms with Crippen LogP contribution in [0.3, 0.4) is 0 Å². The van der Waals surface area contributed by atoms with Crippen LogP contribution in [0, 0.1) is 17.8 Å². The summed E-state index contributed by atoms with van der Waals surface area (Å²) in [5.74, 6) is 1.02. The lowest BCUT2D eigenvalue weighted by atomic mass is 9.80. The highest BCUT2D eigenvalue weighted by atomic mass is 32.2. The van der Waals surface area contributed by atoms with Crippen LogP contribution in [0.4, 0.5) is 0 Å². The maximum Gasteiger partial charge on any atom is 0.214 e. The van der Waals surface area contributed by atoms with Gasteiger partial charge in [0.25, 0.3) is 0 Å². The first-order chi connectivity index (χ1) is 13.4. The Kier molecular flexibility index (Phi) is 8.19. The van der Waals surface area contributed by atoms with Crippen LogP contribution in [0.15, 0.2) is 0 Å². The van der Waals surface area contributed by atoms with E-state index in [-0.39, 0.29) is 23.2 Å². The maximum absolute atomic E-state index is 12.9. The van der Waals surface area contributed by atoms with Gasteiger partial charge >= 0.3 is 0 Å². The normalized spacial score (nSPS) is 36.0. The van der Waals surface area contributed by atoms with Crippen molar-refractivity contribution in [2.24, 2.45) is 17.8 Å². The Morgan fingerprint density at radius 3 is 2.36 bits per heavy atom. The first kappa shape index (κ1) is 22.5. The highest BCUT2D eigenvalue weighted by Gasteiger charge is 2.39. The van der Waals surface area contributed by atoms with Crippen LogP contribution >= 0.6 is 0 Å². The Morgan fingerprint density at radius 2 is 1.79 bits per heavy atom. The zero-order valence-electron chi connectivity index (χ0n) is 17.9. The molecule has 1 aliphatic carbocycles. The van der Waals surface area contributed by atoms with E-state index < -0.39 is 10.0 Å².